The summed E-state index contributed by atoms with van der Waals surface area (Å²) in [4.78, 5) is 3.74. The molecule has 0 fully saturated rings. The zero-order valence-electron chi connectivity index (χ0n) is 4.71. The highest BCUT2D eigenvalue weighted by Gasteiger charge is 1.92. The molecule has 0 atom stereocenters. The molecule has 0 aromatic carbocycles. The predicted octanol–water partition coefficient (Wildman–Crippen LogP) is -0.296. The summed E-state index contributed by atoms with van der Waals surface area (Å²) in [6.45, 7) is 0. The maximum atomic E-state index is 8.58. The second kappa shape index (κ2) is 2.85. The van der Waals surface area contributed by atoms with Crippen molar-refractivity contribution in [2.45, 2.75) is 0 Å². The maximum absolute atomic E-state index is 8.58. The molecule has 0 unspecified atom stereocenters. The standard InChI is InChI=1S/C5H5BClNO/c7-5-3-4(6-9)1-2-8-5/h1-3,6,9H. The molecule has 0 bridgehead atoms. The predicted molar refractivity (Wildman–Crippen MR) is 38.2 cm³/mol. The zero-order chi connectivity index (χ0) is 6.69. The summed E-state index contributed by atoms with van der Waals surface area (Å²) in [5, 5.41) is 8.99. The number of aromatic nitrogens is 1. The molecule has 0 saturated heterocycles. The third kappa shape index (κ3) is 1.70. The van der Waals surface area contributed by atoms with Crippen LogP contribution in [0.1, 0.15) is 0 Å². The van der Waals surface area contributed by atoms with Gasteiger partial charge >= 0.3 is 7.48 Å². The molecule has 0 spiro atoms. The second-order valence-electron chi connectivity index (χ2n) is 1.64. The van der Waals surface area contributed by atoms with Gasteiger partial charge in [-0.1, -0.05) is 11.6 Å². The van der Waals surface area contributed by atoms with Crippen LogP contribution in [-0.4, -0.2) is 17.5 Å². The molecule has 1 N–H and O–H groups in total. The fourth-order valence-corrected chi connectivity index (χ4v) is 0.737. The first-order valence-electron chi connectivity index (χ1n) is 2.54. The molecule has 46 valence electrons. The van der Waals surface area contributed by atoms with Gasteiger partial charge in [0.1, 0.15) is 5.15 Å². The number of nitrogens with zero attached hydrogens (tertiary/aromatic N) is 1. The van der Waals surface area contributed by atoms with E-state index >= 15 is 0 Å². The minimum atomic E-state index is 0.0161. The van der Waals surface area contributed by atoms with Crippen LogP contribution < -0.4 is 5.46 Å². The van der Waals surface area contributed by atoms with Gasteiger partial charge in [-0.3, -0.25) is 0 Å². The molecular weight excluding hydrogens is 136 g/mol. The molecule has 0 radical (unpaired) electrons. The van der Waals surface area contributed by atoms with Gasteiger partial charge in [-0.05, 0) is 17.6 Å². The minimum absolute atomic E-state index is 0.0161. The van der Waals surface area contributed by atoms with E-state index in [0.717, 1.165) is 5.46 Å². The summed E-state index contributed by atoms with van der Waals surface area (Å²) in [5.41, 5.74) is 0.787. The lowest BCUT2D eigenvalue weighted by atomic mass is 9.90. The van der Waals surface area contributed by atoms with Crippen LogP contribution in [0, 0.1) is 0 Å². The van der Waals surface area contributed by atoms with Crippen molar-refractivity contribution in [3.05, 3.63) is 23.5 Å². The quantitative estimate of drug-likeness (QED) is 0.430. The number of pyridine rings is 1. The van der Waals surface area contributed by atoms with Crippen LogP contribution in [0.25, 0.3) is 0 Å². The maximum Gasteiger partial charge on any atom is 0.304 e. The monoisotopic (exact) mass is 141 g/mol. The Bertz CT molecular complexity index is 206. The average Bonchev–Trinajstić information content (AvgIpc) is 1.88. The Hall–Kier alpha value is -0.535. The first kappa shape index (κ1) is 6.58. The number of hydrogen-bond donors (Lipinski definition) is 1. The smallest absolute Gasteiger partial charge is 0.304 e. The van der Waals surface area contributed by atoms with Gasteiger partial charge < -0.3 is 5.02 Å². The van der Waals surface area contributed by atoms with Crippen LogP contribution in [0.2, 0.25) is 5.15 Å². The van der Waals surface area contributed by atoms with Gasteiger partial charge in [0.15, 0.2) is 0 Å². The highest BCUT2D eigenvalue weighted by molar-refractivity contribution is 6.46. The molecule has 0 amide bonds. The van der Waals surface area contributed by atoms with E-state index in [1.54, 1.807) is 18.3 Å². The third-order valence-corrected chi connectivity index (χ3v) is 1.18. The van der Waals surface area contributed by atoms with E-state index in [1.165, 1.54) is 0 Å². The lowest BCUT2D eigenvalue weighted by Crippen LogP contribution is -2.12. The highest BCUT2D eigenvalue weighted by atomic mass is 35.5. The largest absolute Gasteiger partial charge is 0.449 e. The SMILES string of the molecule is OBc1ccnc(Cl)c1. The minimum Gasteiger partial charge on any atom is -0.449 e. The van der Waals surface area contributed by atoms with Crippen molar-refractivity contribution in [3.63, 3.8) is 0 Å². The van der Waals surface area contributed by atoms with Gasteiger partial charge in [-0.2, -0.15) is 0 Å². The van der Waals surface area contributed by atoms with E-state index in [2.05, 4.69) is 4.98 Å². The molecule has 1 rings (SSSR count). The molecular formula is C5H5BClNO. The summed E-state index contributed by atoms with van der Waals surface area (Å²) < 4.78 is 0. The average molecular weight is 141 g/mol. The summed E-state index contributed by atoms with van der Waals surface area (Å²) >= 11 is 5.50. The van der Waals surface area contributed by atoms with Gasteiger partial charge in [0.2, 0.25) is 0 Å². The summed E-state index contributed by atoms with van der Waals surface area (Å²) in [7, 11) is 0.0161. The Morgan fingerprint density at radius 1 is 1.67 bits per heavy atom. The van der Waals surface area contributed by atoms with Gasteiger partial charge in [-0.15, -0.1) is 0 Å². The van der Waals surface area contributed by atoms with Crippen LogP contribution in [0.5, 0.6) is 0 Å². The Balaban J connectivity index is 2.94. The van der Waals surface area contributed by atoms with Crippen molar-refractivity contribution in [1.82, 2.24) is 4.98 Å². The third-order valence-electron chi connectivity index (χ3n) is 0.974. The molecule has 1 aromatic heterocycles. The molecule has 0 aliphatic carbocycles. The number of hydrogen-bond acceptors (Lipinski definition) is 2. The number of rotatable bonds is 1. The van der Waals surface area contributed by atoms with Gasteiger partial charge in [0.25, 0.3) is 0 Å². The Labute approximate surface area is 58.8 Å². The Morgan fingerprint density at radius 3 is 2.89 bits per heavy atom. The summed E-state index contributed by atoms with van der Waals surface area (Å²) in [6.07, 6.45) is 1.56. The van der Waals surface area contributed by atoms with Crippen molar-refractivity contribution in [3.8, 4) is 0 Å². The molecule has 0 aliphatic rings. The van der Waals surface area contributed by atoms with Crippen LogP contribution in [0.15, 0.2) is 18.3 Å². The van der Waals surface area contributed by atoms with Crippen LogP contribution in [0.3, 0.4) is 0 Å². The lowest BCUT2D eigenvalue weighted by molar-refractivity contribution is 0.615. The van der Waals surface area contributed by atoms with Gasteiger partial charge in [0, 0.05) is 6.20 Å². The normalized spacial score (nSPS) is 9.11. The van der Waals surface area contributed by atoms with Gasteiger partial charge in [-0.25, -0.2) is 4.98 Å². The molecule has 2 nitrogen and oxygen atoms in total. The molecule has 0 aliphatic heterocycles. The number of halogens is 1. The Kier molecular flexibility index (Phi) is 2.08. The highest BCUT2D eigenvalue weighted by Crippen LogP contribution is 1.96. The van der Waals surface area contributed by atoms with E-state index in [9.17, 15) is 0 Å². The molecule has 0 saturated carbocycles. The summed E-state index contributed by atoms with van der Waals surface area (Å²) in [6, 6.07) is 3.34. The van der Waals surface area contributed by atoms with Crippen LogP contribution >= 0.6 is 11.6 Å². The van der Waals surface area contributed by atoms with E-state index < -0.39 is 0 Å². The topological polar surface area (TPSA) is 33.1 Å². The molecule has 4 heteroatoms. The molecule has 1 heterocycles. The van der Waals surface area contributed by atoms with Gasteiger partial charge in [0.05, 0.1) is 0 Å². The fourth-order valence-electron chi connectivity index (χ4n) is 0.541. The van der Waals surface area contributed by atoms with Crippen molar-refractivity contribution in [1.29, 1.82) is 0 Å². The van der Waals surface area contributed by atoms with E-state index in [-0.39, 0.29) is 7.48 Å². The van der Waals surface area contributed by atoms with E-state index in [1.807, 2.05) is 0 Å². The second-order valence-corrected chi connectivity index (χ2v) is 2.03. The van der Waals surface area contributed by atoms with Crippen molar-refractivity contribution in [2.24, 2.45) is 0 Å². The molecule has 9 heavy (non-hydrogen) atoms. The first-order chi connectivity index (χ1) is 4.33. The lowest BCUT2D eigenvalue weighted by Gasteiger charge is -1.91. The van der Waals surface area contributed by atoms with Crippen molar-refractivity contribution < 1.29 is 5.02 Å². The van der Waals surface area contributed by atoms with Crippen molar-refractivity contribution >= 4 is 24.5 Å². The zero-order valence-corrected chi connectivity index (χ0v) is 5.47. The summed E-state index contributed by atoms with van der Waals surface area (Å²) in [5.74, 6) is 0. The van der Waals surface area contributed by atoms with E-state index in [0.29, 0.717) is 5.15 Å². The first-order valence-corrected chi connectivity index (χ1v) is 2.92. The molecule has 1 aromatic rings. The van der Waals surface area contributed by atoms with Crippen LogP contribution in [-0.2, 0) is 0 Å². The van der Waals surface area contributed by atoms with Crippen LogP contribution in [0.4, 0.5) is 0 Å². The van der Waals surface area contributed by atoms with Crippen molar-refractivity contribution in [2.75, 3.05) is 0 Å². The van der Waals surface area contributed by atoms with E-state index in [4.69, 9.17) is 16.6 Å². The fraction of sp³-hybridized carbons (Fsp3) is 0. The Morgan fingerprint density at radius 2 is 2.44 bits per heavy atom.